The molecule has 2 rings (SSSR count). The number of hydrogen-bond donors (Lipinski definition) is 0. The Balaban J connectivity index is 2.26. The first-order chi connectivity index (χ1) is 10.2. The molecule has 1 atom stereocenters. The van der Waals surface area contributed by atoms with Crippen LogP contribution in [0.25, 0.3) is 0 Å². The number of alkyl halides is 3. The van der Waals surface area contributed by atoms with E-state index in [9.17, 15) is 21.6 Å². The number of hydrogen-bond acceptors (Lipinski definition) is 3. The van der Waals surface area contributed by atoms with Gasteiger partial charge in [-0.05, 0) is 31.4 Å². The van der Waals surface area contributed by atoms with E-state index in [0.717, 1.165) is 29.3 Å². The highest BCUT2D eigenvalue weighted by molar-refractivity contribution is 7.89. The summed E-state index contributed by atoms with van der Waals surface area (Å²) in [5.74, 6) is 0. The zero-order chi connectivity index (χ0) is 16.4. The van der Waals surface area contributed by atoms with Crippen LogP contribution in [0.15, 0.2) is 29.2 Å². The summed E-state index contributed by atoms with van der Waals surface area (Å²) >= 11 is 0. The quantitative estimate of drug-likeness (QED) is 0.849. The number of sulfonamides is 1. The highest BCUT2D eigenvalue weighted by Crippen LogP contribution is 2.35. The van der Waals surface area contributed by atoms with Crippen LogP contribution in [0.4, 0.5) is 13.2 Å². The van der Waals surface area contributed by atoms with Crippen molar-refractivity contribution in [2.24, 2.45) is 0 Å². The van der Waals surface area contributed by atoms with E-state index in [4.69, 9.17) is 4.74 Å². The second-order valence-electron chi connectivity index (χ2n) is 5.27. The third kappa shape index (κ3) is 3.80. The van der Waals surface area contributed by atoms with Crippen LogP contribution in [0.3, 0.4) is 0 Å². The monoisotopic (exact) mass is 337 g/mol. The summed E-state index contributed by atoms with van der Waals surface area (Å²) in [6.45, 7) is 0.603. The van der Waals surface area contributed by atoms with Gasteiger partial charge in [0.1, 0.15) is 0 Å². The van der Waals surface area contributed by atoms with Gasteiger partial charge in [0.25, 0.3) is 0 Å². The molecule has 8 heteroatoms. The van der Waals surface area contributed by atoms with Gasteiger partial charge in [-0.1, -0.05) is 12.1 Å². The Hall–Kier alpha value is -1.12. The van der Waals surface area contributed by atoms with Gasteiger partial charge in [-0.25, -0.2) is 8.42 Å². The van der Waals surface area contributed by atoms with E-state index >= 15 is 0 Å². The van der Waals surface area contributed by atoms with Crippen LogP contribution in [-0.2, 0) is 20.9 Å². The van der Waals surface area contributed by atoms with Crippen LogP contribution in [0.2, 0.25) is 0 Å². The maximum Gasteiger partial charge on any atom is 0.417 e. The Morgan fingerprint density at radius 2 is 1.95 bits per heavy atom. The third-order valence-electron chi connectivity index (χ3n) is 3.62. The molecular formula is C14H18F3NO3S. The lowest BCUT2D eigenvalue weighted by Gasteiger charge is -2.27. The molecule has 1 aliphatic rings. The maximum absolute atomic E-state index is 13.0. The minimum Gasteiger partial charge on any atom is -0.377 e. The number of ether oxygens (including phenoxy) is 1. The van der Waals surface area contributed by atoms with Crippen molar-refractivity contribution < 1.29 is 26.3 Å². The molecule has 1 unspecified atom stereocenters. The number of likely N-dealkylation sites (N-methyl/N-ethyl adjacent to an activating group) is 1. The normalized spacial score (nSPS) is 20.3. The molecular weight excluding hydrogens is 319 g/mol. The Bertz CT molecular complexity index is 610. The van der Waals surface area contributed by atoms with E-state index < -0.39 is 26.7 Å². The van der Waals surface area contributed by atoms with Crippen LogP contribution in [-0.4, -0.2) is 39.0 Å². The molecule has 124 valence electrons. The van der Waals surface area contributed by atoms with Crippen LogP contribution in [0.1, 0.15) is 24.8 Å². The Morgan fingerprint density at radius 1 is 1.27 bits per heavy atom. The van der Waals surface area contributed by atoms with Crippen LogP contribution in [0, 0.1) is 0 Å². The minimum absolute atomic E-state index is 0.0501. The van der Waals surface area contributed by atoms with Gasteiger partial charge >= 0.3 is 6.18 Å². The molecule has 1 heterocycles. The van der Waals surface area contributed by atoms with E-state index in [2.05, 4.69) is 0 Å². The fourth-order valence-electron chi connectivity index (χ4n) is 2.43. The van der Waals surface area contributed by atoms with Gasteiger partial charge in [0.2, 0.25) is 10.0 Å². The average Bonchev–Trinajstić information content (AvgIpc) is 2.47. The van der Waals surface area contributed by atoms with Gasteiger partial charge in [0.05, 0.1) is 16.6 Å². The molecule has 0 N–H and O–H groups in total. The molecule has 1 aromatic carbocycles. The molecule has 1 aliphatic heterocycles. The first-order valence-corrected chi connectivity index (χ1v) is 8.41. The molecule has 1 fully saturated rings. The zero-order valence-corrected chi connectivity index (χ0v) is 13.0. The number of nitrogens with zero attached hydrogens (tertiary/aromatic N) is 1. The summed E-state index contributed by atoms with van der Waals surface area (Å²) < 4.78 is 70.3. The second-order valence-corrected chi connectivity index (χ2v) is 7.28. The summed E-state index contributed by atoms with van der Waals surface area (Å²) in [5, 5.41) is 0. The number of benzene rings is 1. The smallest absolute Gasteiger partial charge is 0.377 e. The van der Waals surface area contributed by atoms with Crippen molar-refractivity contribution in [2.45, 2.75) is 36.4 Å². The lowest BCUT2D eigenvalue weighted by atomic mass is 10.1. The first-order valence-electron chi connectivity index (χ1n) is 6.97. The SMILES string of the molecule is CN(CC1CCCCO1)S(=O)(=O)c1ccccc1C(F)(F)F. The molecule has 0 saturated carbocycles. The van der Waals surface area contributed by atoms with Crippen molar-refractivity contribution >= 4 is 10.0 Å². The summed E-state index contributed by atoms with van der Waals surface area (Å²) in [4.78, 5) is -0.721. The second kappa shape index (κ2) is 6.55. The Morgan fingerprint density at radius 3 is 2.55 bits per heavy atom. The lowest BCUT2D eigenvalue weighted by molar-refractivity contribution is -0.139. The fourth-order valence-corrected chi connectivity index (χ4v) is 3.84. The van der Waals surface area contributed by atoms with E-state index in [1.807, 2.05) is 0 Å². The predicted octanol–water partition coefficient (Wildman–Crippen LogP) is 2.90. The van der Waals surface area contributed by atoms with Gasteiger partial charge < -0.3 is 4.74 Å². The van der Waals surface area contributed by atoms with Crippen LogP contribution in [0.5, 0.6) is 0 Å². The van der Waals surface area contributed by atoms with Gasteiger partial charge in [0, 0.05) is 20.2 Å². The number of halogens is 3. The molecule has 0 radical (unpaired) electrons. The zero-order valence-electron chi connectivity index (χ0n) is 12.1. The van der Waals surface area contributed by atoms with Crippen LogP contribution < -0.4 is 0 Å². The lowest BCUT2D eigenvalue weighted by Crippen LogP contribution is -2.37. The molecule has 0 aromatic heterocycles. The van der Waals surface area contributed by atoms with E-state index in [0.29, 0.717) is 13.0 Å². The predicted molar refractivity (Wildman–Crippen MR) is 74.9 cm³/mol. The minimum atomic E-state index is -4.72. The summed E-state index contributed by atoms with van der Waals surface area (Å²) in [6, 6.07) is 4.22. The van der Waals surface area contributed by atoms with Crippen molar-refractivity contribution in [1.82, 2.24) is 4.31 Å². The first kappa shape index (κ1) is 17.2. The molecule has 1 saturated heterocycles. The molecule has 0 amide bonds. The van der Waals surface area contributed by atoms with Crippen molar-refractivity contribution in [2.75, 3.05) is 20.2 Å². The summed E-state index contributed by atoms with van der Waals surface area (Å²) in [6.07, 6.45) is -2.43. The van der Waals surface area contributed by atoms with E-state index in [1.165, 1.54) is 19.2 Å². The average molecular weight is 337 g/mol. The van der Waals surface area contributed by atoms with Crippen molar-refractivity contribution in [3.63, 3.8) is 0 Å². The van der Waals surface area contributed by atoms with Gasteiger partial charge in [-0.15, -0.1) is 0 Å². The van der Waals surface area contributed by atoms with Gasteiger partial charge in [-0.2, -0.15) is 17.5 Å². The topological polar surface area (TPSA) is 46.6 Å². The van der Waals surface area contributed by atoms with Crippen LogP contribution >= 0.6 is 0 Å². The van der Waals surface area contributed by atoms with Gasteiger partial charge in [0.15, 0.2) is 0 Å². The fraction of sp³-hybridized carbons (Fsp3) is 0.571. The molecule has 22 heavy (non-hydrogen) atoms. The molecule has 1 aromatic rings. The summed E-state index contributed by atoms with van der Waals surface area (Å²) in [7, 11) is -2.94. The largest absolute Gasteiger partial charge is 0.417 e. The molecule has 0 aliphatic carbocycles. The standard InChI is InChI=1S/C14H18F3NO3S/c1-18(10-11-6-4-5-9-21-11)22(19,20)13-8-3-2-7-12(13)14(15,16)17/h2-3,7-8,11H,4-6,9-10H2,1H3. The highest BCUT2D eigenvalue weighted by Gasteiger charge is 2.38. The molecule has 0 spiro atoms. The number of rotatable bonds is 4. The molecule has 0 bridgehead atoms. The Kier molecular flexibility index (Phi) is 5.14. The van der Waals surface area contributed by atoms with E-state index in [-0.39, 0.29) is 12.6 Å². The Labute approximate surface area is 127 Å². The maximum atomic E-state index is 13.0. The van der Waals surface area contributed by atoms with Crippen molar-refractivity contribution in [3.8, 4) is 0 Å². The highest BCUT2D eigenvalue weighted by atomic mass is 32.2. The van der Waals surface area contributed by atoms with E-state index in [1.54, 1.807) is 0 Å². The van der Waals surface area contributed by atoms with Crippen molar-refractivity contribution in [1.29, 1.82) is 0 Å². The molecule has 4 nitrogen and oxygen atoms in total. The van der Waals surface area contributed by atoms with Crippen molar-refractivity contribution in [3.05, 3.63) is 29.8 Å². The van der Waals surface area contributed by atoms with Gasteiger partial charge in [-0.3, -0.25) is 0 Å². The third-order valence-corrected chi connectivity index (χ3v) is 5.50. The summed E-state index contributed by atoms with van der Waals surface area (Å²) in [5.41, 5.74) is -1.15.